The largest absolute Gasteiger partial charge is 0.343 e. The zero-order valence-electron chi connectivity index (χ0n) is 11.8. The maximum absolute atomic E-state index is 12.1. The molecule has 1 saturated heterocycles. The van der Waals surface area contributed by atoms with Gasteiger partial charge in [0.15, 0.2) is 0 Å². The molecule has 1 aromatic carbocycles. The fourth-order valence-electron chi connectivity index (χ4n) is 2.50. The third kappa shape index (κ3) is 3.50. The first-order chi connectivity index (χ1) is 9.49. The summed E-state index contributed by atoms with van der Waals surface area (Å²) in [6, 6.07) is 6.01. The van der Waals surface area contributed by atoms with E-state index in [-0.39, 0.29) is 18.4 Å². The van der Waals surface area contributed by atoms with Gasteiger partial charge in [0, 0.05) is 21.7 Å². The van der Waals surface area contributed by atoms with Crippen LogP contribution in [0.25, 0.3) is 0 Å². The first kappa shape index (κ1) is 15.3. The topological polar surface area (TPSA) is 49.4 Å². The maximum Gasteiger partial charge on any atom is 0.252 e. The van der Waals surface area contributed by atoms with Gasteiger partial charge in [0.1, 0.15) is 0 Å². The van der Waals surface area contributed by atoms with Crippen molar-refractivity contribution in [2.75, 3.05) is 13.1 Å². The van der Waals surface area contributed by atoms with E-state index >= 15 is 0 Å². The molecule has 1 N–H and O–H groups in total. The number of rotatable bonds is 3. The highest BCUT2D eigenvalue weighted by Gasteiger charge is 2.25. The molecule has 1 unspecified atom stereocenters. The highest BCUT2D eigenvalue weighted by molar-refractivity contribution is 14.1. The average Bonchev–Trinajstić information content (AvgIpc) is 2.84. The van der Waals surface area contributed by atoms with Gasteiger partial charge >= 0.3 is 0 Å². The summed E-state index contributed by atoms with van der Waals surface area (Å²) in [5, 5.41) is 2.73. The van der Waals surface area contributed by atoms with E-state index in [0.717, 1.165) is 28.5 Å². The summed E-state index contributed by atoms with van der Waals surface area (Å²) in [6.07, 6.45) is 2.10. The van der Waals surface area contributed by atoms with E-state index in [1.807, 2.05) is 30.0 Å². The molecule has 2 amide bonds. The van der Waals surface area contributed by atoms with E-state index in [0.29, 0.717) is 11.6 Å². The molecule has 0 spiro atoms. The molecule has 108 valence electrons. The molecule has 20 heavy (non-hydrogen) atoms. The first-order valence-electron chi connectivity index (χ1n) is 6.83. The minimum atomic E-state index is -0.179. The van der Waals surface area contributed by atoms with Crippen LogP contribution in [0, 0.1) is 10.5 Å². The lowest BCUT2D eigenvalue weighted by Gasteiger charge is -2.21. The Bertz CT molecular complexity index is 531. The van der Waals surface area contributed by atoms with Gasteiger partial charge in [-0.15, -0.1) is 0 Å². The molecule has 0 radical (unpaired) electrons. The lowest BCUT2D eigenvalue weighted by Crippen LogP contribution is -2.41. The average molecular weight is 386 g/mol. The summed E-state index contributed by atoms with van der Waals surface area (Å²) in [5.41, 5.74) is 1.56. The summed E-state index contributed by atoms with van der Waals surface area (Å²) in [5.74, 6) is -0.173. The number of hydrogen-bond donors (Lipinski definition) is 1. The Morgan fingerprint density at radius 3 is 2.85 bits per heavy atom. The number of nitrogens with zero attached hydrogens (tertiary/aromatic N) is 1. The molecule has 1 aliphatic rings. The van der Waals surface area contributed by atoms with Crippen LogP contribution in [0.3, 0.4) is 0 Å². The Hall–Kier alpha value is -1.11. The molecule has 1 atom stereocenters. The van der Waals surface area contributed by atoms with Crippen molar-refractivity contribution in [2.24, 2.45) is 0 Å². The predicted molar refractivity (Wildman–Crippen MR) is 86.6 cm³/mol. The van der Waals surface area contributed by atoms with E-state index in [2.05, 4.69) is 34.8 Å². The lowest BCUT2D eigenvalue weighted by molar-refractivity contribution is -0.130. The zero-order chi connectivity index (χ0) is 14.7. The number of amides is 2. The Labute approximate surface area is 133 Å². The Balaban J connectivity index is 1.95. The molecule has 0 bridgehead atoms. The Kier molecular flexibility index (Phi) is 5.01. The molecular weight excluding hydrogens is 367 g/mol. The summed E-state index contributed by atoms with van der Waals surface area (Å²) < 4.78 is 1.01. The number of likely N-dealkylation sites (tertiary alicyclic amines) is 1. The lowest BCUT2D eigenvalue weighted by atomic mass is 10.1. The van der Waals surface area contributed by atoms with E-state index in [1.54, 1.807) is 0 Å². The molecule has 1 aliphatic heterocycles. The SMILES string of the molecule is Cc1ccc(I)cc1C(=O)NCC(=O)N1CCCC1C. The molecule has 1 fully saturated rings. The summed E-state index contributed by atoms with van der Waals surface area (Å²) in [6.45, 7) is 4.83. The highest BCUT2D eigenvalue weighted by Crippen LogP contribution is 2.16. The highest BCUT2D eigenvalue weighted by atomic mass is 127. The third-order valence-corrected chi connectivity index (χ3v) is 4.39. The molecule has 4 nitrogen and oxygen atoms in total. The smallest absolute Gasteiger partial charge is 0.252 e. The quantitative estimate of drug-likeness (QED) is 0.811. The number of halogens is 1. The van der Waals surface area contributed by atoms with Crippen LogP contribution >= 0.6 is 22.6 Å². The molecule has 0 aromatic heterocycles. The molecular formula is C15H19IN2O2. The van der Waals surface area contributed by atoms with E-state index in [4.69, 9.17) is 0 Å². The van der Waals surface area contributed by atoms with Crippen molar-refractivity contribution in [3.63, 3.8) is 0 Å². The third-order valence-electron chi connectivity index (χ3n) is 3.72. The Morgan fingerprint density at radius 2 is 2.20 bits per heavy atom. The van der Waals surface area contributed by atoms with Gasteiger partial charge in [0.25, 0.3) is 5.91 Å². The van der Waals surface area contributed by atoms with Crippen LogP contribution in [0.1, 0.15) is 35.7 Å². The van der Waals surface area contributed by atoms with Crippen LogP contribution in [0.15, 0.2) is 18.2 Å². The number of carbonyl (C=O) groups is 2. The molecule has 1 heterocycles. The zero-order valence-corrected chi connectivity index (χ0v) is 13.9. The van der Waals surface area contributed by atoms with Crippen molar-refractivity contribution >= 4 is 34.4 Å². The number of hydrogen-bond acceptors (Lipinski definition) is 2. The molecule has 0 aliphatic carbocycles. The van der Waals surface area contributed by atoms with E-state index < -0.39 is 0 Å². The molecule has 1 aromatic rings. The van der Waals surface area contributed by atoms with Crippen molar-refractivity contribution < 1.29 is 9.59 Å². The summed E-state index contributed by atoms with van der Waals surface area (Å²) in [4.78, 5) is 26.0. The number of aryl methyl sites for hydroxylation is 1. The molecule has 2 rings (SSSR count). The number of carbonyl (C=O) groups excluding carboxylic acids is 2. The van der Waals surface area contributed by atoms with Crippen LogP contribution in [-0.2, 0) is 4.79 Å². The van der Waals surface area contributed by atoms with Gasteiger partial charge in [0.05, 0.1) is 6.54 Å². The normalized spacial score (nSPS) is 18.1. The fraction of sp³-hybridized carbons (Fsp3) is 0.467. The van der Waals surface area contributed by atoms with Gasteiger partial charge < -0.3 is 10.2 Å². The van der Waals surface area contributed by atoms with E-state index in [1.165, 1.54) is 0 Å². The minimum absolute atomic E-state index is 0.00614. The van der Waals surface area contributed by atoms with Crippen LogP contribution in [0.2, 0.25) is 0 Å². The van der Waals surface area contributed by atoms with Crippen molar-refractivity contribution in [3.05, 3.63) is 32.9 Å². The van der Waals surface area contributed by atoms with Gasteiger partial charge in [0.2, 0.25) is 5.91 Å². The van der Waals surface area contributed by atoms with Crippen molar-refractivity contribution in [2.45, 2.75) is 32.7 Å². The van der Waals surface area contributed by atoms with Gasteiger partial charge in [-0.3, -0.25) is 9.59 Å². The molecule has 5 heteroatoms. The van der Waals surface area contributed by atoms with Gasteiger partial charge in [-0.25, -0.2) is 0 Å². The second-order valence-electron chi connectivity index (χ2n) is 5.22. The van der Waals surface area contributed by atoms with Gasteiger partial charge in [-0.2, -0.15) is 0 Å². The van der Waals surface area contributed by atoms with Crippen molar-refractivity contribution in [1.82, 2.24) is 10.2 Å². The van der Waals surface area contributed by atoms with E-state index in [9.17, 15) is 9.59 Å². The van der Waals surface area contributed by atoms with Crippen LogP contribution in [0.4, 0.5) is 0 Å². The standard InChI is InChI=1S/C15H19IN2O2/c1-10-5-6-12(16)8-13(10)15(20)17-9-14(19)18-7-3-4-11(18)2/h5-6,8,11H,3-4,7,9H2,1-2H3,(H,17,20). The predicted octanol–water partition coefficient (Wildman–Crippen LogP) is 2.34. The van der Waals surface area contributed by atoms with Crippen LogP contribution in [0.5, 0.6) is 0 Å². The number of benzene rings is 1. The summed E-state index contributed by atoms with van der Waals surface area (Å²) in [7, 11) is 0. The second kappa shape index (κ2) is 6.56. The van der Waals surface area contributed by atoms with Crippen molar-refractivity contribution in [1.29, 1.82) is 0 Å². The Morgan fingerprint density at radius 1 is 1.45 bits per heavy atom. The minimum Gasteiger partial charge on any atom is -0.343 e. The fourth-order valence-corrected chi connectivity index (χ4v) is 2.99. The monoisotopic (exact) mass is 386 g/mol. The second-order valence-corrected chi connectivity index (χ2v) is 6.47. The molecule has 0 saturated carbocycles. The maximum atomic E-state index is 12.1. The number of nitrogens with one attached hydrogen (secondary N) is 1. The van der Waals surface area contributed by atoms with Crippen molar-refractivity contribution in [3.8, 4) is 0 Å². The first-order valence-corrected chi connectivity index (χ1v) is 7.90. The van der Waals surface area contributed by atoms with Crippen LogP contribution in [-0.4, -0.2) is 35.8 Å². The van der Waals surface area contributed by atoms with Crippen LogP contribution < -0.4 is 5.32 Å². The van der Waals surface area contributed by atoms with Gasteiger partial charge in [-0.05, 0) is 67.0 Å². The van der Waals surface area contributed by atoms with Gasteiger partial charge in [-0.1, -0.05) is 6.07 Å². The summed E-state index contributed by atoms with van der Waals surface area (Å²) >= 11 is 2.18.